The summed E-state index contributed by atoms with van der Waals surface area (Å²) < 4.78 is 1.47. The molecule has 2 heterocycles. The molecule has 1 N–H and O–H groups in total. The van der Waals surface area contributed by atoms with Gasteiger partial charge in [-0.05, 0) is 66.6 Å². The molecule has 4 aromatic rings. The monoisotopic (exact) mass is 495 g/mol. The standard InChI is InChI=1S/C27H21N5O3S/c1-17(33)31-13-12-19-14-20(8-11-24(19)31)29-25(34)16-36-27-30-23-5-3-2-4-22(23)26(35)32(27)21-9-6-18(15-28)7-10-21/h2-11,14H,12-13,16H2,1H3,(H,29,34). The molecule has 0 unspecified atom stereocenters. The molecule has 5 rings (SSSR count). The molecule has 0 aliphatic carbocycles. The minimum absolute atomic E-state index is 0.00173. The SMILES string of the molecule is CC(=O)N1CCc2cc(NC(=O)CSc3nc4ccccc4c(=O)n3-c3ccc(C#N)cc3)ccc21. The van der Waals surface area contributed by atoms with Crippen LogP contribution >= 0.6 is 11.8 Å². The molecule has 0 bridgehead atoms. The highest BCUT2D eigenvalue weighted by atomic mass is 32.2. The Kier molecular flexibility index (Phi) is 6.27. The molecule has 1 aromatic heterocycles. The highest BCUT2D eigenvalue weighted by Crippen LogP contribution is 2.30. The Morgan fingerprint density at radius 1 is 1.11 bits per heavy atom. The number of amides is 2. The van der Waals surface area contributed by atoms with Crippen LogP contribution in [-0.4, -0.2) is 33.7 Å². The minimum atomic E-state index is -0.248. The third-order valence-electron chi connectivity index (χ3n) is 5.97. The van der Waals surface area contributed by atoms with Crippen molar-refractivity contribution in [1.29, 1.82) is 5.26 Å². The van der Waals surface area contributed by atoms with E-state index in [0.717, 1.165) is 29.4 Å². The number of hydrogen-bond donors (Lipinski definition) is 1. The van der Waals surface area contributed by atoms with Crippen LogP contribution in [0.4, 0.5) is 11.4 Å². The van der Waals surface area contributed by atoms with Gasteiger partial charge in [0.25, 0.3) is 5.56 Å². The van der Waals surface area contributed by atoms with Gasteiger partial charge in [-0.25, -0.2) is 4.98 Å². The third-order valence-corrected chi connectivity index (χ3v) is 6.91. The molecule has 0 saturated heterocycles. The summed E-state index contributed by atoms with van der Waals surface area (Å²) in [6, 6.07) is 21.3. The molecule has 1 aliphatic rings. The number of anilines is 2. The molecular formula is C27H21N5O3S. The van der Waals surface area contributed by atoms with E-state index >= 15 is 0 Å². The summed E-state index contributed by atoms with van der Waals surface area (Å²) in [5.74, 6) is -0.203. The third kappa shape index (κ3) is 4.46. The first-order chi connectivity index (χ1) is 17.4. The van der Waals surface area contributed by atoms with E-state index in [2.05, 4.69) is 16.4 Å². The Morgan fingerprint density at radius 3 is 2.64 bits per heavy atom. The lowest BCUT2D eigenvalue weighted by Gasteiger charge is -2.15. The number of benzene rings is 3. The van der Waals surface area contributed by atoms with Gasteiger partial charge in [0.05, 0.1) is 34.0 Å². The van der Waals surface area contributed by atoms with Gasteiger partial charge >= 0.3 is 0 Å². The van der Waals surface area contributed by atoms with E-state index in [1.807, 2.05) is 18.2 Å². The van der Waals surface area contributed by atoms with Crippen LogP contribution in [0.15, 0.2) is 76.7 Å². The molecule has 3 aromatic carbocycles. The molecule has 0 atom stereocenters. The average Bonchev–Trinajstić information content (AvgIpc) is 3.31. The van der Waals surface area contributed by atoms with Gasteiger partial charge < -0.3 is 10.2 Å². The predicted molar refractivity (Wildman–Crippen MR) is 140 cm³/mol. The molecule has 178 valence electrons. The first-order valence-electron chi connectivity index (χ1n) is 11.3. The first kappa shape index (κ1) is 23.3. The van der Waals surface area contributed by atoms with Crippen LogP contribution in [0, 0.1) is 11.3 Å². The average molecular weight is 496 g/mol. The normalized spacial score (nSPS) is 12.3. The first-order valence-corrected chi connectivity index (χ1v) is 12.3. The number of para-hydroxylation sites is 1. The van der Waals surface area contributed by atoms with Crippen molar-refractivity contribution in [2.45, 2.75) is 18.5 Å². The van der Waals surface area contributed by atoms with E-state index < -0.39 is 0 Å². The number of fused-ring (bicyclic) bond motifs is 2. The maximum atomic E-state index is 13.3. The van der Waals surface area contributed by atoms with E-state index in [4.69, 9.17) is 5.26 Å². The number of carbonyl (C=O) groups is 2. The zero-order valence-corrected chi connectivity index (χ0v) is 20.2. The lowest BCUT2D eigenvalue weighted by Crippen LogP contribution is -2.25. The summed E-state index contributed by atoms with van der Waals surface area (Å²) in [5, 5.41) is 12.9. The summed E-state index contributed by atoms with van der Waals surface area (Å²) >= 11 is 1.16. The van der Waals surface area contributed by atoms with Gasteiger partial charge in [-0.15, -0.1) is 0 Å². The second kappa shape index (κ2) is 9.68. The van der Waals surface area contributed by atoms with Crippen molar-refractivity contribution in [2.75, 3.05) is 22.5 Å². The van der Waals surface area contributed by atoms with Crippen LogP contribution in [0.5, 0.6) is 0 Å². The van der Waals surface area contributed by atoms with Crippen LogP contribution < -0.4 is 15.8 Å². The Hall–Kier alpha value is -4.42. The Balaban J connectivity index is 1.39. The summed E-state index contributed by atoms with van der Waals surface area (Å²) in [5.41, 5.74) is 3.89. The maximum absolute atomic E-state index is 13.3. The molecule has 0 radical (unpaired) electrons. The molecule has 36 heavy (non-hydrogen) atoms. The van der Waals surface area contributed by atoms with Gasteiger partial charge in [0.15, 0.2) is 5.16 Å². The van der Waals surface area contributed by atoms with E-state index in [9.17, 15) is 14.4 Å². The summed E-state index contributed by atoms with van der Waals surface area (Å²) in [4.78, 5) is 44.3. The van der Waals surface area contributed by atoms with Gasteiger partial charge in [0.1, 0.15) is 0 Å². The lowest BCUT2D eigenvalue weighted by atomic mass is 10.1. The predicted octanol–water partition coefficient (Wildman–Crippen LogP) is 3.90. The summed E-state index contributed by atoms with van der Waals surface area (Å²) in [7, 11) is 0. The summed E-state index contributed by atoms with van der Waals surface area (Å²) in [6.07, 6.45) is 0.741. The van der Waals surface area contributed by atoms with Crippen LogP contribution in [0.2, 0.25) is 0 Å². The number of aromatic nitrogens is 2. The van der Waals surface area contributed by atoms with Crippen molar-refractivity contribution in [3.8, 4) is 11.8 Å². The van der Waals surface area contributed by atoms with Crippen LogP contribution in [0.3, 0.4) is 0 Å². The van der Waals surface area contributed by atoms with Gasteiger partial charge in [0.2, 0.25) is 11.8 Å². The van der Waals surface area contributed by atoms with Gasteiger partial charge in [-0.1, -0.05) is 23.9 Å². The Bertz CT molecular complexity index is 1610. The van der Waals surface area contributed by atoms with Crippen LogP contribution in [0.1, 0.15) is 18.1 Å². The zero-order valence-electron chi connectivity index (χ0n) is 19.4. The molecular weight excluding hydrogens is 474 g/mol. The van der Waals surface area contributed by atoms with Crippen molar-refractivity contribution >= 4 is 45.9 Å². The quantitative estimate of drug-likeness (QED) is 0.332. The molecule has 0 saturated carbocycles. The fraction of sp³-hybridized carbons (Fsp3) is 0.148. The molecule has 8 nitrogen and oxygen atoms in total. The van der Waals surface area contributed by atoms with E-state index in [1.165, 1.54) is 4.57 Å². The molecule has 9 heteroatoms. The maximum Gasteiger partial charge on any atom is 0.266 e. The fourth-order valence-corrected chi connectivity index (χ4v) is 5.07. The number of hydrogen-bond acceptors (Lipinski definition) is 6. The van der Waals surface area contributed by atoms with Crippen molar-refractivity contribution in [1.82, 2.24) is 9.55 Å². The van der Waals surface area contributed by atoms with E-state index in [-0.39, 0.29) is 23.1 Å². The van der Waals surface area contributed by atoms with Crippen molar-refractivity contribution in [2.24, 2.45) is 0 Å². The second-order valence-electron chi connectivity index (χ2n) is 8.31. The molecule has 0 fully saturated rings. The van der Waals surface area contributed by atoms with Crippen molar-refractivity contribution < 1.29 is 9.59 Å². The van der Waals surface area contributed by atoms with Crippen LogP contribution in [-0.2, 0) is 16.0 Å². The molecule has 0 spiro atoms. The van der Waals surface area contributed by atoms with Crippen molar-refractivity contribution in [3.05, 3.63) is 88.2 Å². The molecule has 2 amide bonds. The lowest BCUT2D eigenvalue weighted by molar-refractivity contribution is -0.116. The Morgan fingerprint density at radius 2 is 1.89 bits per heavy atom. The number of carbonyl (C=O) groups excluding carboxylic acids is 2. The highest BCUT2D eigenvalue weighted by Gasteiger charge is 2.22. The Labute approximate surface area is 211 Å². The zero-order chi connectivity index (χ0) is 25.2. The minimum Gasteiger partial charge on any atom is -0.325 e. The van der Waals surface area contributed by atoms with E-state index in [0.29, 0.717) is 39.5 Å². The summed E-state index contributed by atoms with van der Waals surface area (Å²) in [6.45, 7) is 2.18. The largest absolute Gasteiger partial charge is 0.325 e. The number of nitrogens with one attached hydrogen (secondary N) is 1. The number of rotatable bonds is 5. The topological polar surface area (TPSA) is 108 Å². The number of thioether (sulfide) groups is 1. The molecule has 1 aliphatic heterocycles. The highest BCUT2D eigenvalue weighted by molar-refractivity contribution is 7.99. The smallest absolute Gasteiger partial charge is 0.266 e. The van der Waals surface area contributed by atoms with E-state index in [1.54, 1.807) is 60.4 Å². The van der Waals surface area contributed by atoms with Gasteiger partial charge in [0, 0.05) is 24.8 Å². The fourth-order valence-electron chi connectivity index (χ4n) is 4.26. The van der Waals surface area contributed by atoms with Gasteiger partial charge in [-0.3, -0.25) is 19.0 Å². The van der Waals surface area contributed by atoms with Crippen molar-refractivity contribution in [3.63, 3.8) is 0 Å². The number of nitrogens with zero attached hydrogens (tertiary/aromatic N) is 4. The second-order valence-corrected chi connectivity index (χ2v) is 9.25. The van der Waals surface area contributed by atoms with Gasteiger partial charge in [-0.2, -0.15) is 5.26 Å². The number of nitriles is 1. The van der Waals surface area contributed by atoms with Crippen LogP contribution in [0.25, 0.3) is 16.6 Å².